The number of hydrogen-bond acceptors (Lipinski definition) is 3. The molecule has 2 unspecified atom stereocenters. The van der Waals surface area contributed by atoms with Gasteiger partial charge in [0.1, 0.15) is 5.60 Å². The highest BCUT2D eigenvalue weighted by Gasteiger charge is 2.72. The van der Waals surface area contributed by atoms with Crippen molar-refractivity contribution >= 4 is 11.6 Å². The van der Waals surface area contributed by atoms with Crippen LogP contribution in [0.15, 0.2) is 11.6 Å². The van der Waals surface area contributed by atoms with E-state index in [0.717, 1.165) is 25.7 Å². The number of carbonyl (C=O) groups is 2. The van der Waals surface area contributed by atoms with Crippen LogP contribution in [0.3, 0.4) is 0 Å². The molecule has 6 aliphatic carbocycles. The lowest BCUT2D eigenvalue weighted by Crippen LogP contribution is -2.66. The lowest BCUT2D eigenvalue weighted by Gasteiger charge is -2.71. The van der Waals surface area contributed by atoms with Crippen LogP contribution in [0.25, 0.3) is 0 Å². The van der Waals surface area contributed by atoms with Crippen LogP contribution in [0.5, 0.6) is 0 Å². The van der Waals surface area contributed by atoms with E-state index in [9.17, 15) is 14.7 Å². The molecule has 3 nitrogen and oxygen atoms in total. The first-order valence-electron chi connectivity index (χ1n) is 9.72. The van der Waals surface area contributed by atoms with Gasteiger partial charge in [-0.2, -0.15) is 0 Å². The van der Waals surface area contributed by atoms with Gasteiger partial charge in [-0.25, -0.2) is 0 Å². The Hall–Kier alpha value is -0.960. The van der Waals surface area contributed by atoms with Crippen LogP contribution in [-0.4, -0.2) is 22.3 Å². The van der Waals surface area contributed by atoms with E-state index >= 15 is 0 Å². The summed E-state index contributed by atoms with van der Waals surface area (Å²) in [4.78, 5) is 24.1. The molecule has 5 fully saturated rings. The minimum Gasteiger partial charge on any atom is -0.382 e. The lowest BCUT2D eigenvalue weighted by molar-refractivity contribution is -0.183. The van der Waals surface area contributed by atoms with E-state index in [1.807, 2.05) is 6.08 Å². The van der Waals surface area contributed by atoms with E-state index in [0.29, 0.717) is 41.8 Å². The van der Waals surface area contributed by atoms with E-state index in [4.69, 9.17) is 0 Å². The summed E-state index contributed by atoms with van der Waals surface area (Å²) in [6.45, 7) is 6.15. The molecule has 0 amide bonds. The quantitative estimate of drug-likeness (QED) is 0.803. The molecule has 0 heterocycles. The number of Topliss-reactive ketones (excluding diaryl/α,β-unsaturated/α-hetero) is 1. The van der Waals surface area contributed by atoms with Gasteiger partial charge in [0.25, 0.3) is 0 Å². The molecule has 0 aliphatic heterocycles. The minimum atomic E-state index is -1.11. The summed E-state index contributed by atoms with van der Waals surface area (Å²) in [6.07, 6.45) is 7.56. The molecule has 4 bridgehead atoms. The van der Waals surface area contributed by atoms with Gasteiger partial charge in [0.2, 0.25) is 0 Å². The fourth-order valence-electron chi connectivity index (χ4n) is 8.25. The highest BCUT2D eigenvalue weighted by Crippen LogP contribution is 2.76. The summed E-state index contributed by atoms with van der Waals surface area (Å²) in [6, 6.07) is 0. The second-order valence-electron chi connectivity index (χ2n) is 9.79. The summed E-state index contributed by atoms with van der Waals surface area (Å²) < 4.78 is 0. The zero-order valence-corrected chi connectivity index (χ0v) is 15.0. The Kier molecular flexibility index (Phi) is 2.70. The van der Waals surface area contributed by atoms with Crippen LogP contribution in [-0.2, 0) is 9.59 Å². The molecule has 3 heteroatoms. The molecule has 0 aromatic heterocycles. The molecule has 0 aromatic rings. The normalized spacial score (nSPS) is 57.6. The van der Waals surface area contributed by atoms with Gasteiger partial charge in [0.05, 0.1) is 0 Å². The first-order valence-corrected chi connectivity index (χ1v) is 9.72. The molecule has 0 radical (unpaired) electrons. The SMILES string of the molecule is CC(=O)[C@@]1(O)CC[C@H]2[C@@H]3CC4C5=CC(=O)CC4[C@]5(C)[C@H]3CC[C@@]21C. The Balaban J connectivity index is 1.53. The van der Waals surface area contributed by atoms with Gasteiger partial charge in [-0.1, -0.05) is 19.4 Å². The average molecular weight is 328 g/mol. The summed E-state index contributed by atoms with van der Waals surface area (Å²) in [5.74, 6) is 3.17. The number of rotatable bonds is 1. The topological polar surface area (TPSA) is 54.4 Å². The van der Waals surface area contributed by atoms with Crippen LogP contribution < -0.4 is 0 Å². The summed E-state index contributed by atoms with van der Waals surface area (Å²) >= 11 is 0. The highest BCUT2D eigenvalue weighted by atomic mass is 16.3. The van der Waals surface area contributed by atoms with E-state index in [-0.39, 0.29) is 16.6 Å². The fraction of sp³-hybridized carbons (Fsp3) is 0.810. The number of allylic oxidation sites excluding steroid dienone is 1. The molecule has 0 aromatic carbocycles. The average Bonchev–Trinajstić information content (AvgIpc) is 2.82. The molecule has 130 valence electrons. The maximum atomic E-state index is 12.2. The second kappa shape index (κ2) is 4.23. The molecule has 1 N–H and O–H groups in total. The Morgan fingerprint density at radius 2 is 1.88 bits per heavy atom. The van der Waals surface area contributed by atoms with E-state index < -0.39 is 5.60 Å². The molecule has 6 rings (SSSR count). The summed E-state index contributed by atoms with van der Waals surface area (Å²) in [5.41, 5.74) is 0.295. The Morgan fingerprint density at radius 3 is 2.50 bits per heavy atom. The number of carbonyl (C=O) groups excluding carboxylic acids is 2. The number of fused-ring (bicyclic) bond motifs is 1. The van der Waals surface area contributed by atoms with Crippen molar-refractivity contribution in [1.82, 2.24) is 0 Å². The van der Waals surface area contributed by atoms with Gasteiger partial charge in [-0.15, -0.1) is 0 Å². The monoisotopic (exact) mass is 328 g/mol. The molecule has 24 heavy (non-hydrogen) atoms. The predicted molar refractivity (Wildman–Crippen MR) is 90.1 cm³/mol. The largest absolute Gasteiger partial charge is 0.382 e. The van der Waals surface area contributed by atoms with Gasteiger partial charge in [0, 0.05) is 11.8 Å². The van der Waals surface area contributed by atoms with Gasteiger partial charge < -0.3 is 5.11 Å². The lowest BCUT2D eigenvalue weighted by atomic mass is 9.33. The van der Waals surface area contributed by atoms with Crippen molar-refractivity contribution in [1.29, 1.82) is 0 Å². The number of ketones is 2. The molecule has 6 aliphatic rings. The maximum Gasteiger partial charge on any atom is 0.161 e. The summed E-state index contributed by atoms with van der Waals surface area (Å²) in [5, 5.41) is 11.1. The maximum absolute atomic E-state index is 12.2. The predicted octanol–water partition coefficient (Wildman–Crippen LogP) is 3.30. The van der Waals surface area contributed by atoms with Crippen molar-refractivity contribution in [3.63, 3.8) is 0 Å². The highest BCUT2D eigenvalue weighted by molar-refractivity contribution is 5.94. The molecular weight excluding hydrogens is 300 g/mol. The fourth-order valence-corrected chi connectivity index (χ4v) is 8.25. The third kappa shape index (κ3) is 1.39. The van der Waals surface area contributed by atoms with Crippen LogP contribution in [0.2, 0.25) is 0 Å². The number of hydrogen-bond donors (Lipinski definition) is 1. The van der Waals surface area contributed by atoms with E-state index in [1.165, 1.54) is 12.0 Å². The van der Waals surface area contributed by atoms with Crippen molar-refractivity contribution < 1.29 is 14.7 Å². The molecular formula is C21H28O3. The third-order valence-electron chi connectivity index (χ3n) is 9.48. The smallest absolute Gasteiger partial charge is 0.161 e. The van der Waals surface area contributed by atoms with Crippen molar-refractivity contribution in [2.75, 3.05) is 0 Å². The van der Waals surface area contributed by atoms with Crippen LogP contribution in [0.4, 0.5) is 0 Å². The Morgan fingerprint density at radius 1 is 1.17 bits per heavy atom. The van der Waals surface area contributed by atoms with Crippen LogP contribution in [0.1, 0.15) is 59.3 Å². The first-order chi connectivity index (χ1) is 11.2. The van der Waals surface area contributed by atoms with Crippen molar-refractivity contribution in [3.05, 3.63) is 11.6 Å². The zero-order chi connectivity index (χ0) is 17.1. The molecule has 5 saturated carbocycles. The van der Waals surface area contributed by atoms with Crippen molar-refractivity contribution in [2.45, 2.75) is 64.9 Å². The van der Waals surface area contributed by atoms with E-state index in [2.05, 4.69) is 13.8 Å². The molecule has 0 spiro atoms. The Bertz CT molecular complexity index is 693. The van der Waals surface area contributed by atoms with Crippen LogP contribution in [0, 0.1) is 40.4 Å². The zero-order valence-electron chi connectivity index (χ0n) is 15.0. The second-order valence-corrected chi connectivity index (χ2v) is 9.79. The van der Waals surface area contributed by atoms with Gasteiger partial charge >= 0.3 is 0 Å². The van der Waals surface area contributed by atoms with Gasteiger partial charge in [-0.3, -0.25) is 9.59 Å². The first kappa shape index (κ1) is 15.3. The molecule has 8 atom stereocenters. The standard InChI is InChI=1S/C21H28O3/c1-11(22)21(24)7-5-15-13-10-14-17-8-12(23)9-18(14)20(17,3)16(13)4-6-19(15,21)2/h8,13-16,18,24H,4-7,9-10H2,1-3H3/t13-,14?,15-,16-,18?,19-,20+,21-/m0/s1. The minimum absolute atomic E-state index is 0.0386. The summed E-state index contributed by atoms with van der Waals surface area (Å²) in [7, 11) is 0. The van der Waals surface area contributed by atoms with Crippen molar-refractivity contribution in [2.24, 2.45) is 40.4 Å². The molecule has 0 saturated heterocycles. The van der Waals surface area contributed by atoms with Gasteiger partial charge in [0.15, 0.2) is 11.6 Å². The van der Waals surface area contributed by atoms with Crippen LogP contribution >= 0.6 is 0 Å². The van der Waals surface area contributed by atoms with Crippen molar-refractivity contribution in [3.8, 4) is 0 Å². The van der Waals surface area contributed by atoms with Gasteiger partial charge in [-0.05, 0) is 80.1 Å². The third-order valence-corrected chi connectivity index (χ3v) is 9.48. The number of aliphatic hydroxyl groups is 1. The Labute approximate surface area is 143 Å². The van der Waals surface area contributed by atoms with E-state index in [1.54, 1.807) is 6.92 Å².